The Bertz CT molecular complexity index is 1430. The lowest BCUT2D eigenvalue weighted by Crippen LogP contribution is -2.51. The molecule has 0 bridgehead atoms. The molecule has 3 rings (SSSR count). The van der Waals surface area contributed by atoms with Gasteiger partial charge in [-0.2, -0.15) is 0 Å². The van der Waals surface area contributed by atoms with Gasteiger partial charge in [-0.3, -0.25) is 13.9 Å². The summed E-state index contributed by atoms with van der Waals surface area (Å²) in [6.07, 6.45) is 0.738. The summed E-state index contributed by atoms with van der Waals surface area (Å²) < 4.78 is 34.2. The number of ether oxygens (including phenoxy) is 1. The third-order valence-corrected chi connectivity index (χ3v) is 8.57. The molecule has 0 aliphatic carbocycles. The zero-order chi connectivity index (χ0) is 29.4. The molecule has 0 saturated heterocycles. The smallest absolute Gasteiger partial charge is 0.264 e. The fourth-order valence-corrected chi connectivity index (χ4v) is 5.75. The highest BCUT2D eigenvalue weighted by molar-refractivity contribution is 7.92. The lowest BCUT2D eigenvalue weighted by molar-refractivity contribution is -0.139. The first-order valence-corrected chi connectivity index (χ1v) is 14.9. The normalized spacial score (nSPS) is 11.9. The number of methoxy groups -OCH3 is 1. The summed E-state index contributed by atoms with van der Waals surface area (Å²) in [5.41, 5.74) is 2.58. The molecule has 1 unspecified atom stereocenters. The molecule has 0 aliphatic rings. The maximum absolute atomic E-state index is 14.0. The quantitative estimate of drug-likeness (QED) is 0.319. The Morgan fingerprint density at radius 1 is 1.00 bits per heavy atom. The zero-order valence-electron chi connectivity index (χ0n) is 23.5. The summed E-state index contributed by atoms with van der Waals surface area (Å²) in [5.74, 6) is -0.206. The van der Waals surface area contributed by atoms with E-state index in [0.29, 0.717) is 22.9 Å². The molecule has 0 saturated carbocycles. The molecular formula is C30H36ClN3O5S. The van der Waals surface area contributed by atoms with Crippen LogP contribution in [0.15, 0.2) is 71.6 Å². The second-order valence-electron chi connectivity index (χ2n) is 9.59. The Morgan fingerprint density at radius 3 is 2.25 bits per heavy atom. The Labute approximate surface area is 241 Å². The maximum Gasteiger partial charge on any atom is 0.264 e. The summed E-state index contributed by atoms with van der Waals surface area (Å²) >= 11 is 6.27. The Balaban J connectivity index is 2.05. The summed E-state index contributed by atoms with van der Waals surface area (Å²) in [6.45, 7) is 7.21. The van der Waals surface area contributed by atoms with Gasteiger partial charge in [0.15, 0.2) is 0 Å². The van der Waals surface area contributed by atoms with Crippen LogP contribution in [0.5, 0.6) is 5.75 Å². The number of carbonyl (C=O) groups excluding carboxylic acids is 2. The number of rotatable bonds is 12. The van der Waals surface area contributed by atoms with E-state index in [1.807, 2.05) is 13.8 Å². The second-order valence-corrected chi connectivity index (χ2v) is 11.9. The molecule has 1 atom stereocenters. The van der Waals surface area contributed by atoms with E-state index >= 15 is 0 Å². The van der Waals surface area contributed by atoms with E-state index in [1.165, 1.54) is 23.1 Å². The molecule has 0 fully saturated rings. The van der Waals surface area contributed by atoms with Gasteiger partial charge < -0.3 is 15.0 Å². The molecular weight excluding hydrogens is 550 g/mol. The first kappa shape index (κ1) is 31.0. The van der Waals surface area contributed by atoms with Crippen molar-refractivity contribution in [3.8, 4) is 5.75 Å². The molecule has 0 radical (unpaired) electrons. The van der Waals surface area contributed by atoms with Crippen LogP contribution in [-0.2, 0) is 26.2 Å². The van der Waals surface area contributed by atoms with Gasteiger partial charge in [0.05, 0.1) is 17.7 Å². The minimum Gasteiger partial charge on any atom is -0.497 e. The highest BCUT2D eigenvalue weighted by Gasteiger charge is 2.33. The number of hydrogen-bond acceptors (Lipinski definition) is 5. The molecule has 3 aromatic carbocycles. The van der Waals surface area contributed by atoms with Crippen LogP contribution in [-0.4, -0.2) is 51.4 Å². The molecule has 214 valence electrons. The first-order valence-electron chi connectivity index (χ1n) is 13.0. The predicted octanol–water partition coefficient (Wildman–Crippen LogP) is 5.10. The van der Waals surface area contributed by atoms with Crippen LogP contribution >= 0.6 is 11.6 Å². The van der Waals surface area contributed by atoms with Crippen LogP contribution in [0.2, 0.25) is 5.02 Å². The van der Waals surface area contributed by atoms with Gasteiger partial charge >= 0.3 is 0 Å². The van der Waals surface area contributed by atoms with E-state index < -0.39 is 28.5 Å². The van der Waals surface area contributed by atoms with E-state index in [2.05, 4.69) is 5.32 Å². The van der Waals surface area contributed by atoms with Crippen molar-refractivity contribution in [3.63, 3.8) is 0 Å². The average molecular weight is 586 g/mol. The Hall–Kier alpha value is -3.56. The highest BCUT2D eigenvalue weighted by Crippen LogP contribution is 2.30. The largest absolute Gasteiger partial charge is 0.497 e. The molecule has 2 amide bonds. The van der Waals surface area contributed by atoms with E-state index in [-0.39, 0.29) is 23.0 Å². The molecule has 8 nitrogen and oxygen atoms in total. The van der Waals surface area contributed by atoms with Crippen LogP contribution < -0.4 is 14.4 Å². The highest BCUT2D eigenvalue weighted by atomic mass is 35.5. The van der Waals surface area contributed by atoms with E-state index in [9.17, 15) is 18.0 Å². The van der Waals surface area contributed by atoms with Crippen molar-refractivity contribution in [2.75, 3.05) is 24.5 Å². The molecule has 3 aromatic rings. The molecule has 10 heteroatoms. The molecule has 0 aliphatic heterocycles. The van der Waals surface area contributed by atoms with Crippen molar-refractivity contribution >= 4 is 39.1 Å². The lowest BCUT2D eigenvalue weighted by atomic mass is 10.1. The van der Waals surface area contributed by atoms with Gasteiger partial charge in [-0.25, -0.2) is 8.42 Å². The minimum atomic E-state index is -4.17. The topological polar surface area (TPSA) is 96.0 Å². The van der Waals surface area contributed by atoms with Gasteiger partial charge in [-0.05, 0) is 74.7 Å². The molecule has 0 aromatic heterocycles. The van der Waals surface area contributed by atoms with Crippen molar-refractivity contribution in [2.24, 2.45) is 0 Å². The number of anilines is 1. The van der Waals surface area contributed by atoms with Gasteiger partial charge in [-0.1, -0.05) is 54.4 Å². The number of benzene rings is 3. The Kier molecular flexibility index (Phi) is 10.6. The zero-order valence-corrected chi connectivity index (χ0v) is 25.1. The fourth-order valence-electron chi connectivity index (χ4n) is 4.11. The molecule has 40 heavy (non-hydrogen) atoms. The minimum absolute atomic E-state index is 0.0423. The van der Waals surface area contributed by atoms with E-state index in [0.717, 1.165) is 21.9 Å². The number of amides is 2. The number of nitrogens with one attached hydrogen (secondary N) is 1. The van der Waals surface area contributed by atoms with Crippen LogP contribution in [0.4, 0.5) is 5.69 Å². The van der Waals surface area contributed by atoms with Gasteiger partial charge in [0.1, 0.15) is 18.3 Å². The molecule has 1 N–H and O–H groups in total. The first-order chi connectivity index (χ1) is 19.0. The predicted molar refractivity (Wildman–Crippen MR) is 158 cm³/mol. The van der Waals surface area contributed by atoms with Gasteiger partial charge in [-0.15, -0.1) is 0 Å². The van der Waals surface area contributed by atoms with E-state index in [1.54, 1.807) is 69.5 Å². The summed E-state index contributed by atoms with van der Waals surface area (Å²) in [4.78, 5) is 28.4. The number of carbonyl (C=O) groups is 2. The Morgan fingerprint density at radius 2 is 1.65 bits per heavy atom. The van der Waals surface area contributed by atoms with Crippen molar-refractivity contribution in [1.29, 1.82) is 0 Å². The maximum atomic E-state index is 14.0. The van der Waals surface area contributed by atoms with Gasteiger partial charge in [0.2, 0.25) is 11.8 Å². The summed E-state index contributed by atoms with van der Waals surface area (Å²) in [6, 6.07) is 17.6. The third kappa shape index (κ3) is 7.55. The molecule has 0 spiro atoms. The van der Waals surface area contributed by atoms with Crippen molar-refractivity contribution < 1.29 is 22.7 Å². The fraction of sp³-hybridized carbons (Fsp3) is 0.333. The molecule has 0 heterocycles. The van der Waals surface area contributed by atoms with Gasteiger partial charge in [0, 0.05) is 18.1 Å². The van der Waals surface area contributed by atoms with Crippen molar-refractivity contribution in [1.82, 2.24) is 10.2 Å². The average Bonchev–Trinajstić information content (AvgIpc) is 2.94. The van der Waals surface area contributed by atoms with Crippen LogP contribution in [0, 0.1) is 13.8 Å². The van der Waals surface area contributed by atoms with Gasteiger partial charge in [0.25, 0.3) is 10.0 Å². The van der Waals surface area contributed by atoms with Crippen molar-refractivity contribution in [3.05, 3.63) is 88.4 Å². The van der Waals surface area contributed by atoms with Crippen LogP contribution in [0.1, 0.15) is 37.0 Å². The van der Waals surface area contributed by atoms with Crippen LogP contribution in [0.25, 0.3) is 0 Å². The summed E-state index contributed by atoms with van der Waals surface area (Å²) in [5, 5.41) is 3.17. The standard InChI is InChI=1S/C30H36ClN3O5S/c1-6-17-32-30(36)23(4)33(19-24-10-13-26(39-5)14-11-24)29(35)20-34(28-18-25(31)12-9-22(28)3)40(37,38)27-15-7-21(2)8-16-27/h7-16,18,23H,6,17,19-20H2,1-5H3,(H,32,36). The lowest BCUT2D eigenvalue weighted by Gasteiger charge is -2.32. The number of aryl methyl sites for hydroxylation is 2. The second kappa shape index (κ2) is 13.7. The number of nitrogens with zero attached hydrogens (tertiary/aromatic N) is 2. The summed E-state index contributed by atoms with van der Waals surface area (Å²) in [7, 11) is -2.61. The number of halogens is 1. The SMILES string of the molecule is CCCNC(=O)C(C)N(Cc1ccc(OC)cc1)C(=O)CN(c1cc(Cl)ccc1C)S(=O)(=O)c1ccc(C)cc1. The third-order valence-electron chi connectivity index (χ3n) is 6.56. The number of hydrogen-bond donors (Lipinski definition) is 1. The number of sulfonamides is 1. The monoisotopic (exact) mass is 585 g/mol. The van der Waals surface area contributed by atoms with Crippen molar-refractivity contribution in [2.45, 2.75) is 51.6 Å². The van der Waals surface area contributed by atoms with E-state index in [4.69, 9.17) is 16.3 Å². The van der Waals surface area contributed by atoms with Crippen LogP contribution in [0.3, 0.4) is 0 Å².